The lowest BCUT2D eigenvalue weighted by atomic mass is 9.65. The normalized spacial score (nSPS) is 34.9. The molecule has 0 spiro atoms. The smallest absolute Gasteiger partial charge is 0.165 e. The van der Waals surface area contributed by atoms with E-state index in [0.717, 1.165) is 30.3 Å². The van der Waals surface area contributed by atoms with Crippen LogP contribution in [0, 0.1) is 11.8 Å². The molecule has 0 saturated heterocycles. The van der Waals surface area contributed by atoms with Crippen LogP contribution in [0.2, 0.25) is 0 Å². The molecule has 5 rings (SSSR count). The van der Waals surface area contributed by atoms with Gasteiger partial charge in [-0.1, -0.05) is 19.9 Å². The van der Waals surface area contributed by atoms with Crippen molar-refractivity contribution in [3.05, 3.63) is 23.3 Å². The molecular formula is C22H32FNO2. The predicted molar refractivity (Wildman–Crippen MR) is 102 cm³/mol. The van der Waals surface area contributed by atoms with Crippen molar-refractivity contribution in [1.29, 1.82) is 0 Å². The van der Waals surface area contributed by atoms with Crippen molar-refractivity contribution in [2.45, 2.75) is 83.2 Å². The molecule has 4 unspecified atom stereocenters. The van der Waals surface area contributed by atoms with Gasteiger partial charge in [0.25, 0.3) is 0 Å². The van der Waals surface area contributed by atoms with Crippen molar-refractivity contribution < 1.29 is 13.9 Å². The first-order valence-corrected chi connectivity index (χ1v) is 10.4. The predicted octanol–water partition coefficient (Wildman–Crippen LogP) is 4.63. The van der Waals surface area contributed by atoms with Gasteiger partial charge in [0.1, 0.15) is 12.3 Å². The highest BCUT2D eigenvalue weighted by Crippen LogP contribution is 2.57. The number of hydrogen-bond acceptors (Lipinski definition) is 3. The first-order valence-electron chi connectivity index (χ1n) is 10.4. The lowest BCUT2D eigenvalue weighted by Gasteiger charge is -2.44. The molecule has 1 N–H and O–H groups in total. The van der Waals surface area contributed by atoms with Crippen molar-refractivity contribution in [2.24, 2.45) is 11.8 Å². The number of hydrogen-bond donors (Lipinski definition) is 1. The summed E-state index contributed by atoms with van der Waals surface area (Å²) >= 11 is 0. The summed E-state index contributed by atoms with van der Waals surface area (Å²) in [5, 5.41) is 3.90. The highest BCUT2D eigenvalue weighted by atomic mass is 19.1. The van der Waals surface area contributed by atoms with Crippen LogP contribution in [-0.2, 0) is 6.42 Å². The van der Waals surface area contributed by atoms with Gasteiger partial charge in [-0.05, 0) is 62.5 Å². The molecule has 2 fully saturated rings. The monoisotopic (exact) mass is 361 g/mol. The first kappa shape index (κ1) is 18.1. The van der Waals surface area contributed by atoms with Crippen LogP contribution in [-0.4, -0.2) is 31.5 Å². The average molecular weight is 362 g/mol. The molecule has 3 aliphatic carbocycles. The van der Waals surface area contributed by atoms with E-state index in [0.29, 0.717) is 24.4 Å². The third kappa shape index (κ3) is 2.81. The Morgan fingerprint density at radius 2 is 1.96 bits per heavy atom. The molecule has 4 heteroatoms. The highest BCUT2D eigenvalue weighted by molar-refractivity contribution is 5.57. The van der Waals surface area contributed by atoms with E-state index in [1.54, 1.807) is 7.11 Å². The lowest BCUT2D eigenvalue weighted by molar-refractivity contribution is 0.0265. The summed E-state index contributed by atoms with van der Waals surface area (Å²) in [5.74, 6) is 3.07. The minimum absolute atomic E-state index is 0.187. The summed E-state index contributed by atoms with van der Waals surface area (Å²) < 4.78 is 26.2. The molecule has 0 radical (unpaired) electrons. The van der Waals surface area contributed by atoms with E-state index in [4.69, 9.17) is 9.47 Å². The Balaban J connectivity index is 0.000000814. The van der Waals surface area contributed by atoms with Crippen LogP contribution in [0.1, 0.15) is 63.5 Å². The fourth-order valence-electron chi connectivity index (χ4n) is 5.36. The van der Waals surface area contributed by atoms with E-state index < -0.39 is 6.17 Å². The Hall–Kier alpha value is -1.29. The van der Waals surface area contributed by atoms with Crippen molar-refractivity contribution in [2.75, 3.05) is 7.11 Å². The molecule has 3 nitrogen and oxygen atoms in total. The molecule has 6 atom stereocenters. The molecule has 144 valence electrons. The molecule has 4 aliphatic rings. The van der Waals surface area contributed by atoms with E-state index in [2.05, 4.69) is 18.3 Å². The van der Waals surface area contributed by atoms with E-state index >= 15 is 0 Å². The quantitative estimate of drug-likeness (QED) is 0.848. The minimum Gasteiger partial charge on any atom is -0.493 e. The summed E-state index contributed by atoms with van der Waals surface area (Å²) in [6, 6.07) is 5.16. The second kappa shape index (κ2) is 7.03. The van der Waals surface area contributed by atoms with Crippen LogP contribution in [0.15, 0.2) is 12.1 Å². The Bertz CT molecular complexity index is 660. The van der Waals surface area contributed by atoms with E-state index in [1.807, 2.05) is 19.9 Å². The van der Waals surface area contributed by atoms with Gasteiger partial charge < -0.3 is 14.8 Å². The van der Waals surface area contributed by atoms with E-state index in [1.165, 1.54) is 24.0 Å². The number of alkyl halides is 1. The number of benzene rings is 1. The van der Waals surface area contributed by atoms with Gasteiger partial charge in [-0.2, -0.15) is 0 Å². The van der Waals surface area contributed by atoms with Crippen molar-refractivity contribution in [1.82, 2.24) is 5.32 Å². The summed E-state index contributed by atoms with van der Waals surface area (Å²) in [4.78, 5) is 0. The van der Waals surface area contributed by atoms with Gasteiger partial charge >= 0.3 is 0 Å². The SMILES string of the molecule is CC.COc1ccc2c3c1O[C@@H]1C(F)CCC(C31)[C@@H](NC(C)C1CC1)C2. The maximum Gasteiger partial charge on any atom is 0.165 e. The van der Waals surface area contributed by atoms with Crippen molar-refractivity contribution in [3.8, 4) is 11.5 Å². The van der Waals surface area contributed by atoms with E-state index in [-0.39, 0.29) is 12.0 Å². The maximum absolute atomic E-state index is 14.6. The molecule has 0 amide bonds. The van der Waals surface area contributed by atoms with Gasteiger partial charge in [0.2, 0.25) is 0 Å². The number of nitrogens with one attached hydrogen (secondary N) is 1. The molecular weight excluding hydrogens is 329 g/mol. The number of methoxy groups -OCH3 is 1. The standard InChI is InChI=1S/C20H26FNO2.C2H6/c1-10(11-3-4-11)22-15-9-12-5-8-16(23-2)20-17(12)18-13(15)6-7-14(21)19(18)24-20;1-2/h5,8,10-11,13-15,18-19,22H,3-4,6-7,9H2,1-2H3;1-2H3/t10?,13?,14?,15-,18?,19+;/m0./s1. The van der Waals surface area contributed by atoms with Crippen LogP contribution in [0.25, 0.3) is 0 Å². The molecule has 1 aromatic carbocycles. The van der Waals surface area contributed by atoms with Crippen molar-refractivity contribution in [3.63, 3.8) is 0 Å². The second-order valence-corrected chi connectivity index (χ2v) is 8.14. The average Bonchev–Trinajstić information content (AvgIpc) is 3.44. The fourth-order valence-corrected chi connectivity index (χ4v) is 5.36. The van der Waals surface area contributed by atoms with E-state index in [9.17, 15) is 4.39 Å². The van der Waals surface area contributed by atoms with Crippen LogP contribution < -0.4 is 14.8 Å². The molecule has 1 heterocycles. The zero-order valence-corrected chi connectivity index (χ0v) is 16.4. The Labute approximate surface area is 156 Å². The molecule has 0 bridgehead atoms. The zero-order valence-electron chi connectivity index (χ0n) is 16.4. The van der Waals surface area contributed by atoms with Gasteiger partial charge in [-0.15, -0.1) is 0 Å². The third-order valence-electron chi connectivity index (χ3n) is 6.77. The summed E-state index contributed by atoms with van der Waals surface area (Å²) in [5.41, 5.74) is 2.56. The fraction of sp³-hybridized carbons (Fsp3) is 0.727. The molecule has 26 heavy (non-hydrogen) atoms. The Kier molecular flexibility index (Phi) is 4.89. The van der Waals surface area contributed by atoms with Crippen molar-refractivity contribution >= 4 is 0 Å². The molecule has 0 aromatic heterocycles. The van der Waals surface area contributed by atoms with Crippen LogP contribution >= 0.6 is 0 Å². The van der Waals surface area contributed by atoms with Gasteiger partial charge in [0.15, 0.2) is 11.5 Å². The summed E-state index contributed by atoms with van der Waals surface area (Å²) in [7, 11) is 1.67. The largest absolute Gasteiger partial charge is 0.493 e. The van der Waals surface area contributed by atoms with Gasteiger partial charge in [-0.3, -0.25) is 0 Å². The number of ether oxygens (including phenoxy) is 2. The Morgan fingerprint density at radius 3 is 2.65 bits per heavy atom. The lowest BCUT2D eigenvalue weighted by Crippen LogP contribution is -2.52. The van der Waals surface area contributed by atoms with Crippen LogP contribution in [0.4, 0.5) is 4.39 Å². The highest BCUT2D eigenvalue weighted by Gasteiger charge is 2.54. The van der Waals surface area contributed by atoms with Crippen LogP contribution in [0.3, 0.4) is 0 Å². The van der Waals surface area contributed by atoms with Gasteiger partial charge in [-0.25, -0.2) is 4.39 Å². The third-order valence-corrected chi connectivity index (χ3v) is 6.77. The summed E-state index contributed by atoms with van der Waals surface area (Å²) in [6.07, 6.45) is 4.11. The summed E-state index contributed by atoms with van der Waals surface area (Å²) in [6.45, 7) is 6.32. The zero-order chi connectivity index (χ0) is 18.4. The minimum atomic E-state index is -0.865. The molecule has 1 aromatic rings. The number of halogens is 1. The topological polar surface area (TPSA) is 30.5 Å². The van der Waals surface area contributed by atoms with Gasteiger partial charge in [0.05, 0.1) is 7.11 Å². The number of rotatable bonds is 4. The second-order valence-electron chi connectivity index (χ2n) is 8.14. The Morgan fingerprint density at radius 1 is 1.19 bits per heavy atom. The van der Waals surface area contributed by atoms with Crippen LogP contribution in [0.5, 0.6) is 11.5 Å². The molecule has 1 aliphatic heterocycles. The maximum atomic E-state index is 14.6. The van der Waals surface area contributed by atoms with Gasteiger partial charge in [0, 0.05) is 23.6 Å². The first-order chi connectivity index (χ1) is 12.7. The molecule has 2 saturated carbocycles.